The number of carbonyl (C=O) groups is 1. The van der Waals surface area contributed by atoms with Gasteiger partial charge in [0.1, 0.15) is 5.78 Å². The summed E-state index contributed by atoms with van der Waals surface area (Å²) in [6.07, 6.45) is 3.90. The zero-order valence-corrected chi connectivity index (χ0v) is 6.41. The SMILES string of the molecule is C=C1[C@H](C(C)=O)[C@@H]2C=C[C@H]1O2. The molecule has 2 heterocycles. The Morgan fingerprint density at radius 3 is 2.73 bits per heavy atom. The molecule has 0 aliphatic carbocycles. The highest BCUT2D eigenvalue weighted by molar-refractivity contribution is 5.83. The monoisotopic (exact) mass is 150 g/mol. The van der Waals surface area contributed by atoms with Gasteiger partial charge in [0.2, 0.25) is 0 Å². The fourth-order valence-electron chi connectivity index (χ4n) is 1.75. The van der Waals surface area contributed by atoms with Crippen LogP contribution in [-0.2, 0) is 9.53 Å². The quantitative estimate of drug-likeness (QED) is 0.523. The molecule has 1 fully saturated rings. The third-order valence-electron chi connectivity index (χ3n) is 2.31. The maximum absolute atomic E-state index is 11.1. The summed E-state index contributed by atoms with van der Waals surface area (Å²) in [6, 6.07) is 0. The molecule has 3 atom stereocenters. The molecule has 11 heavy (non-hydrogen) atoms. The van der Waals surface area contributed by atoms with Crippen LogP contribution in [-0.4, -0.2) is 18.0 Å². The number of Topliss-reactive ketones (excluding diaryl/α,β-unsaturated/α-hetero) is 1. The molecule has 1 saturated heterocycles. The molecule has 0 radical (unpaired) electrons. The van der Waals surface area contributed by atoms with Crippen LogP contribution in [0.15, 0.2) is 24.3 Å². The van der Waals surface area contributed by atoms with Gasteiger partial charge in [-0.2, -0.15) is 0 Å². The second-order valence-electron chi connectivity index (χ2n) is 3.07. The highest BCUT2D eigenvalue weighted by Crippen LogP contribution is 2.37. The molecule has 2 aliphatic rings. The van der Waals surface area contributed by atoms with Gasteiger partial charge in [0.25, 0.3) is 0 Å². The lowest BCUT2D eigenvalue weighted by atomic mass is 9.87. The van der Waals surface area contributed by atoms with E-state index in [0.717, 1.165) is 5.57 Å². The van der Waals surface area contributed by atoms with Gasteiger partial charge in [-0.05, 0) is 12.5 Å². The van der Waals surface area contributed by atoms with Crippen molar-refractivity contribution in [1.82, 2.24) is 0 Å². The van der Waals surface area contributed by atoms with E-state index in [1.807, 2.05) is 12.2 Å². The minimum Gasteiger partial charge on any atom is -0.361 e. The summed E-state index contributed by atoms with van der Waals surface area (Å²) in [7, 11) is 0. The maximum atomic E-state index is 11.1. The van der Waals surface area contributed by atoms with Crippen LogP contribution < -0.4 is 0 Å². The first-order valence-electron chi connectivity index (χ1n) is 3.73. The van der Waals surface area contributed by atoms with Crippen LogP contribution in [0.5, 0.6) is 0 Å². The molecule has 2 heteroatoms. The predicted octanol–water partition coefficient (Wildman–Crippen LogP) is 1.08. The second kappa shape index (κ2) is 2.05. The molecule has 2 rings (SSSR count). The van der Waals surface area contributed by atoms with Gasteiger partial charge in [-0.3, -0.25) is 4.79 Å². The number of carbonyl (C=O) groups excluding carboxylic acids is 1. The molecule has 0 aromatic heterocycles. The van der Waals surface area contributed by atoms with E-state index in [9.17, 15) is 4.79 Å². The number of fused-ring (bicyclic) bond motifs is 2. The number of ketones is 1. The van der Waals surface area contributed by atoms with Gasteiger partial charge in [0.15, 0.2) is 0 Å². The van der Waals surface area contributed by atoms with Gasteiger partial charge < -0.3 is 4.74 Å². The number of hydrogen-bond donors (Lipinski definition) is 0. The molecule has 2 aliphatic heterocycles. The first-order valence-corrected chi connectivity index (χ1v) is 3.73. The van der Waals surface area contributed by atoms with Crippen molar-refractivity contribution in [2.24, 2.45) is 5.92 Å². The Labute approximate surface area is 65.5 Å². The summed E-state index contributed by atoms with van der Waals surface area (Å²) < 4.78 is 5.43. The van der Waals surface area contributed by atoms with Crippen molar-refractivity contribution < 1.29 is 9.53 Å². The summed E-state index contributed by atoms with van der Waals surface area (Å²) in [5.41, 5.74) is 0.921. The molecule has 2 bridgehead atoms. The lowest BCUT2D eigenvalue weighted by Gasteiger charge is -2.12. The summed E-state index contributed by atoms with van der Waals surface area (Å²) in [5, 5.41) is 0. The van der Waals surface area contributed by atoms with Crippen molar-refractivity contribution in [2.45, 2.75) is 19.1 Å². The minimum atomic E-state index is -0.0787. The summed E-state index contributed by atoms with van der Waals surface area (Å²) in [5.74, 6) is 0.0804. The van der Waals surface area contributed by atoms with Gasteiger partial charge in [0.05, 0.1) is 18.1 Å². The highest BCUT2D eigenvalue weighted by Gasteiger charge is 2.42. The molecule has 0 N–H and O–H groups in total. The Hall–Kier alpha value is -0.890. The second-order valence-corrected chi connectivity index (χ2v) is 3.07. The summed E-state index contributed by atoms with van der Waals surface area (Å²) >= 11 is 0. The zero-order chi connectivity index (χ0) is 8.01. The van der Waals surface area contributed by atoms with E-state index < -0.39 is 0 Å². The molecule has 0 amide bonds. The smallest absolute Gasteiger partial charge is 0.139 e. The molecule has 0 unspecified atom stereocenters. The largest absolute Gasteiger partial charge is 0.361 e. The minimum absolute atomic E-state index is 0.00824. The third-order valence-corrected chi connectivity index (χ3v) is 2.31. The number of hydrogen-bond acceptors (Lipinski definition) is 2. The predicted molar refractivity (Wildman–Crippen MR) is 41.1 cm³/mol. The van der Waals surface area contributed by atoms with Gasteiger partial charge in [-0.1, -0.05) is 18.7 Å². The first-order chi connectivity index (χ1) is 5.20. The van der Waals surface area contributed by atoms with Crippen LogP contribution in [0, 0.1) is 5.92 Å². The Morgan fingerprint density at radius 2 is 2.36 bits per heavy atom. The Morgan fingerprint density at radius 1 is 1.64 bits per heavy atom. The molecular weight excluding hydrogens is 140 g/mol. The van der Waals surface area contributed by atoms with Crippen molar-refractivity contribution in [1.29, 1.82) is 0 Å². The lowest BCUT2D eigenvalue weighted by Crippen LogP contribution is -2.22. The third kappa shape index (κ3) is 0.792. The molecule has 0 saturated carbocycles. The Kier molecular flexibility index (Phi) is 1.26. The highest BCUT2D eigenvalue weighted by atomic mass is 16.5. The van der Waals surface area contributed by atoms with Gasteiger partial charge >= 0.3 is 0 Å². The molecule has 0 aromatic rings. The van der Waals surface area contributed by atoms with E-state index in [1.54, 1.807) is 6.92 Å². The molecule has 0 aromatic carbocycles. The van der Waals surface area contributed by atoms with Gasteiger partial charge in [-0.15, -0.1) is 0 Å². The first kappa shape index (κ1) is 6.80. The van der Waals surface area contributed by atoms with E-state index in [0.29, 0.717) is 0 Å². The fourth-order valence-corrected chi connectivity index (χ4v) is 1.75. The topological polar surface area (TPSA) is 26.3 Å². The van der Waals surface area contributed by atoms with E-state index >= 15 is 0 Å². The van der Waals surface area contributed by atoms with Crippen LogP contribution in [0.25, 0.3) is 0 Å². The van der Waals surface area contributed by atoms with Gasteiger partial charge in [0, 0.05) is 0 Å². The fraction of sp³-hybridized carbons (Fsp3) is 0.444. The Balaban J connectivity index is 2.32. The molecule has 2 nitrogen and oxygen atoms in total. The van der Waals surface area contributed by atoms with Crippen molar-refractivity contribution in [3.05, 3.63) is 24.3 Å². The van der Waals surface area contributed by atoms with E-state index in [1.165, 1.54) is 0 Å². The molecular formula is C9H10O2. The number of ether oxygens (including phenoxy) is 1. The zero-order valence-electron chi connectivity index (χ0n) is 6.41. The maximum Gasteiger partial charge on any atom is 0.139 e. The van der Waals surface area contributed by atoms with Crippen LogP contribution in [0.4, 0.5) is 0 Å². The van der Waals surface area contributed by atoms with Crippen molar-refractivity contribution in [2.75, 3.05) is 0 Å². The van der Waals surface area contributed by atoms with E-state index in [4.69, 9.17) is 4.74 Å². The van der Waals surface area contributed by atoms with Crippen LogP contribution in [0.3, 0.4) is 0 Å². The summed E-state index contributed by atoms with van der Waals surface area (Å²) in [6.45, 7) is 5.43. The molecule has 58 valence electrons. The lowest BCUT2D eigenvalue weighted by molar-refractivity contribution is -0.120. The average molecular weight is 150 g/mol. The van der Waals surface area contributed by atoms with Crippen LogP contribution in [0.1, 0.15) is 6.92 Å². The number of rotatable bonds is 1. The summed E-state index contributed by atoms with van der Waals surface area (Å²) in [4.78, 5) is 11.1. The Bertz CT molecular complexity index is 252. The van der Waals surface area contributed by atoms with Crippen molar-refractivity contribution in [3.63, 3.8) is 0 Å². The van der Waals surface area contributed by atoms with Crippen LogP contribution in [0.2, 0.25) is 0 Å². The average Bonchev–Trinajstić information content (AvgIpc) is 2.44. The standard InChI is InChI=1S/C9H10O2/c1-5-7-3-4-8(11-7)9(5)6(2)10/h3-4,7-9H,1H2,2H3/t7-,8+,9-/m1/s1. The van der Waals surface area contributed by atoms with Crippen LogP contribution >= 0.6 is 0 Å². The van der Waals surface area contributed by atoms with E-state index in [2.05, 4.69) is 6.58 Å². The van der Waals surface area contributed by atoms with Crippen molar-refractivity contribution in [3.8, 4) is 0 Å². The normalized spacial score (nSPS) is 40.1. The van der Waals surface area contributed by atoms with Gasteiger partial charge in [-0.25, -0.2) is 0 Å². The molecule has 0 spiro atoms. The van der Waals surface area contributed by atoms with E-state index in [-0.39, 0.29) is 23.9 Å². The van der Waals surface area contributed by atoms with Crippen molar-refractivity contribution >= 4 is 5.78 Å².